The van der Waals surface area contributed by atoms with Crippen LogP contribution in [0.4, 0.5) is 5.69 Å². The van der Waals surface area contributed by atoms with Crippen LogP contribution in [-0.2, 0) is 9.59 Å². The van der Waals surface area contributed by atoms with E-state index in [1.807, 2.05) is 60.7 Å². The third-order valence-corrected chi connectivity index (χ3v) is 8.29. The first kappa shape index (κ1) is 20.5. The molecule has 4 aromatic carbocycles. The second-order valence-electron chi connectivity index (χ2n) is 10.1. The number of fused-ring (bicyclic) bond motifs is 6. The Morgan fingerprint density at radius 3 is 2.14 bits per heavy atom. The van der Waals surface area contributed by atoms with Gasteiger partial charge in [-0.15, -0.1) is 0 Å². The number of hydrogen-bond donors (Lipinski definition) is 0. The summed E-state index contributed by atoms with van der Waals surface area (Å²) in [7, 11) is 0. The summed E-state index contributed by atoms with van der Waals surface area (Å²) in [5.41, 5.74) is 1.93. The van der Waals surface area contributed by atoms with Gasteiger partial charge in [0.05, 0.1) is 17.5 Å². The maximum Gasteiger partial charge on any atom is 0.237 e. The fourth-order valence-corrected chi connectivity index (χ4v) is 6.83. The first-order valence-electron chi connectivity index (χ1n) is 12.4. The standard InChI is InChI=1S/C31H25NO3/c33-30-28-22-17-26(20-7-2-1-3-8-20)27(18-22)29(28)31(34)32(30)23-11-14-24(15-12-23)35-25-13-10-19-6-4-5-9-21(19)16-25/h1-16,22,26-29H,17-18H2. The van der Waals surface area contributed by atoms with Crippen molar-refractivity contribution < 1.29 is 14.3 Å². The topological polar surface area (TPSA) is 46.6 Å². The van der Waals surface area contributed by atoms with Crippen molar-refractivity contribution >= 4 is 28.3 Å². The number of nitrogens with zero attached hydrogens (tertiary/aromatic N) is 1. The van der Waals surface area contributed by atoms with Crippen LogP contribution >= 0.6 is 0 Å². The molecule has 1 heterocycles. The minimum Gasteiger partial charge on any atom is -0.457 e. The molecule has 2 aliphatic carbocycles. The molecule has 4 nitrogen and oxygen atoms in total. The summed E-state index contributed by atoms with van der Waals surface area (Å²) in [5.74, 6) is 1.93. The van der Waals surface area contributed by atoms with Gasteiger partial charge >= 0.3 is 0 Å². The molecule has 4 heteroatoms. The highest BCUT2D eigenvalue weighted by Crippen LogP contribution is 2.61. The molecule has 2 amide bonds. The molecule has 35 heavy (non-hydrogen) atoms. The van der Waals surface area contributed by atoms with Crippen molar-refractivity contribution in [2.75, 3.05) is 4.90 Å². The van der Waals surface area contributed by atoms with Crippen molar-refractivity contribution in [3.05, 3.63) is 103 Å². The lowest BCUT2D eigenvalue weighted by atomic mass is 9.73. The highest BCUT2D eigenvalue weighted by molar-refractivity contribution is 6.22. The van der Waals surface area contributed by atoms with Gasteiger partial charge in [0.25, 0.3) is 0 Å². The van der Waals surface area contributed by atoms with Gasteiger partial charge in [0.1, 0.15) is 11.5 Å². The number of rotatable bonds is 4. The molecule has 0 aromatic heterocycles. The SMILES string of the molecule is O=C1C2C3CC(c4ccccc4)C(C3)C2C(=O)N1c1ccc(Oc2ccc3ccccc3c2)cc1. The zero-order chi connectivity index (χ0) is 23.5. The Bertz CT molecular complexity index is 1450. The highest BCUT2D eigenvalue weighted by Gasteiger charge is 2.64. The molecule has 1 aliphatic heterocycles. The summed E-state index contributed by atoms with van der Waals surface area (Å²) in [5, 5.41) is 2.28. The largest absolute Gasteiger partial charge is 0.457 e. The van der Waals surface area contributed by atoms with Gasteiger partial charge in [0.15, 0.2) is 0 Å². The molecule has 3 aliphatic rings. The minimum atomic E-state index is -0.194. The molecule has 172 valence electrons. The van der Waals surface area contributed by atoms with Crippen LogP contribution in [0.15, 0.2) is 97.1 Å². The zero-order valence-electron chi connectivity index (χ0n) is 19.2. The molecule has 2 bridgehead atoms. The van der Waals surface area contributed by atoms with Crippen molar-refractivity contribution in [2.24, 2.45) is 23.7 Å². The van der Waals surface area contributed by atoms with Gasteiger partial charge in [-0.2, -0.15) is 0 Å². The van der Waals surface area contributed by atoms with Crippen LogP contribution < -0.4 is 9.64 Å². The van der Waals surface area contributed by atoms with Crippen molar-refractivity contribution in [1.82, 2.24) is 0 Å². The fraction of sp³-hybridized carbons (Fsp3) is 0.226. The van der Waals surface area contributed by atoms with Crippen molar-refractivity contribution in [3.8, 4) is 11.5 Å². The fourth-order valence-electron chi connectivity index (χ4n) is 6.83. The number of imide groups is 1. The van der Waals surface area contributed by atoms with Crippen LogP contribution in [0.5, 0.6) is 11.5 Å². The first-order valence-corrected chi connectivity index (χ1v) is 12.4. The molecule has 0 N–H and O–H groups in total. The molecule has 1 saturated heterocycles. The van der Waals surface area contributed by atoms with Crippen LogP contribution in [0, 0.1) is 23.7 Å². The normalized spacial score (nSPS) is 27.0. The van der Waals surface area contributed by atoms with Gasteiger partial charge in [0.2, 0.25) is 11.8 Å². The Labute approximate surface area is 204 Å². The van der Waals surface area contributed by atoms with Gasteiger partial charge in [-0.3, -0.25) is 14.5 Å². The second-order valence-corrected chi connectivity index (χ2v) is 10.1. The molecule has 5 unspecified atom stereocenters. The van der Waals surface area contributed by atoms with E-state index in [4.69, 9.17) is 4.74 Å². The van der Waals surface area contributed by atoms with Gasteiger partial charge in [0, 0.05) is 0 Å². The van der Waals surface area contributed by atoms with E-state index in [0.717, 1.165) is 29.4 Å². The lowest BCUT2D eigenvalue weighted by Gasteiger charge is -2.28. The Hall–Kier alpha value is -3.92. The monoisotopic (exact) mass is 459 g/mol. The van der Waals surface area contributed by atoms with Crippen molar-refractivity contribution in [3.63, 3.8) is 0 Å². The van der Waals surface area contributed by atoms with E-state index in [0.29, 0.717) is 23.3 Å². The maximum absolute atomic E-state index is 13.5. The van der Waals surface area contributed by atoms with E-state index in [9.17, 15) is 9.59 Å². The van der Waals surface area contributed by atoms with E-state index in [1.54, 1.807) is 0 Å². The first-order chi connectivity index (χ1) is 17.2. The Morgan fingerprint density at radius 2 is 1.34 bits per heavy atom. The van der Waals surface area contributed by atoms with Crippen molar-refractivity contribution in [2.45, 2.75) is 18.8 Å². The van der Waals surface area contributed by atoms with E-state index in [2.05, 4.69) is 36.4 Å². The number of amides is 2. The molecular formula is C31H25NO3. The summed E-state index contributed by atoms with van der Waals surface area (Å²) >= 11 is 0. The molecule has 2 saturated carbocycles. The van der Waals surface area contributed by atoms with Crippen LogP contribution in [-0.4, -0.2) is 11.8 Å². The van der Waals surface area contributed by atoms with Gasteiger partial charge in [-0.1, -0.05) is 60.7 Å². The maximum atomic E-state index is 13.5. The number of hydrogen-bond acceptors (Lipinski definition) is 3. The summed E-state index contributed by atoms with van der Waals surface area (Å²) in [6, 6.07) is 31.9. The molecule has 0 spiro atoms. The van der Waals surface area contributed by atoms with E-state index in [1.165, 1.54) is 10.5 Å². The third-order valence-electron chi connectivity index (χ3n) is 8.29. The van der Waals surface area contributed by atoms with E-state index in [-0.39, 0.29) is 29.6 Å². The minimum absolute atomic E-state index is 0.0257. The molecule has 5 atom stereocenters. The Kier molecular flexibility index (Phi) is 4.56. The number of benzene rings is 4. The smallest absolute Gasteiger partial charge is 0.237 e. The lowest BCUT2D eigenvalue weighted by Crippen LogP contribution is -2.32. The van der Waals surface area contributed by atoms with Gasteiger partial charge in [-0.25, -0.2) is 0 Å². The molecular weight excluding hydrogens is 434 g/mol. The van der Waals surface area contributed by atoms with Crippen LogP contribution in [0.25, 0.3) is 10.8 Å². The number of anilines is 1. The summed E-state index contributed by atoms with van der Waals surface area (Å²) in [4.78, 5) is 28.4. The number of carbonyl (C=O) groups excluding carboxylic acids is 2. The molecule has 7 rings (SSSR count). The number of ether oxygens (including phenoxy) is 1. The van der Waals surface area contributed by atoms with E-state index < -0.39 is 0 Å². The summed E-state index contributed by atoms with van der Waals surface area (Å²) in [6.07, 6.45) is 1.99. The third kappa shape index (κ3) is 3.20. The second kappa shape index (κ2) is 7.81. The number of carbonyl (C=O) groups is 2. The average molecular weight is 460 g/mol. The summed E-state index contributed by atoms with van der Waals surface area (Å²) < 4.78 is 6.05. The lowest BCUT2D eigenvalue weighted by molar-refractivity contribution is -0.123. The Balaban J connectivity index is 1.12. The van der Waals surface area contributed by atoms with Crippen LogP contribution in [0.3, 0.4) is 0 Å². The quantitative estimate of drug-likeness (QED) is 0.325. The predicted octanol–water partition coefficient (Wildman–Crippen LogP) is 6.56. The molecule has 4 aromatic rings. The van der Waals surface area contributed by atoms with Gasteiger partial charge in [-0.05, 0) is 83.3 Å². The van der Waals surface area contributed by atoms with Crippen LogP contribution in [0.1, 0.15) is 24.3 Å². The Morgan fingerprint density at radius 1 is 0.657 bits per heavy atom. The van der Waals surface area contributed by atoms with Crippen molar-refractivity contribution in [1.29, 1.82) is 0 Å². The molecule has 0 radical (unpaired) electrons. The predicted molar refractivity (Wildman–Crippen MR) is 135 cm³/mol. The average Bonchev–Trinajstić information content (AvgIpc) is 3.56. The highest BCUT2D eigenvalue weighted by atomic mass is 16.5. The van der Waals surface area contributed by atoms with E-state index >= 15 is 0 Å². The summed E-state index contributed by atoms with van der Waals surface area (Å²) in [6.45, 7) is 0. The van der Waals surface area contributed by atoms with Crippen LogP contribution in [0.2, 0.25) is 0 Å². The molecule has 3 fully saturated rings. The zero-order valence-corrected chi connectivity index (χ0v) is 19.2. The van der Waals surface area contributed by atoms with Gasteiger partial charge < -0.3 is 4.74 Å².